The molecule has 0 bridgehead atoms. The van der Waals surface area contributed by atoms with Crippen LogP contribution in [-0.2, 0) is 6.54 Å². The Hall–Kier alpha value is -0.580. The van der Waals surface area contributed by atoms with Gasteiger partial charge in [-0.15, -0.1) is 0 Å². The molecule has 0 radical (unpaired) electrons. The number of hydrogen-bond acceptors (Lipinski definition) is 3. The second-order valence-corrected chi connectivity index (χ2v) is 4.01. The highest BCUT2D eigenvalue weighted by molar-refractivity contribution is 9.10. The summed E-state index contributed by atoms with van der Waals surface area (Å²) in [5, 5.41) is 12.7. The lowest BCUT2D eigenvalue weighted by Gasteiger charge is -2.06. The Morgan fingerprint density at radius 3 is 2.93 bits per heavy atom. The van der Waals surface area contributed by atoms with Gasteiger partial charge < -0.3 is 16.2 Å². The van der Waals surface area contributed by atoms with Gasteiger partial charge in [-0.1, -0.05) is 15.9 Å². The minimum absolute atomic E-state index is 0.327. The molecule has 0 aliphatic heterocycles. The largest absolute Gasteiger partial charge is 0.508 e. The fourth-order valence-electron chi connectivity index (χ4n) is 1.15. The van der Waals surface area contributed by atoms with E-state index in [9.17, 15) is 5.11 Å². The molecule has 4 N–H and O–H groups in total. The molecule has 1 rings (SSSR count). The fraction of sp³-hybridized carbons (Fsp3) is 0.400. The third-order valence-electron chi connectivity index (χ3n) is 1.91. The average Bonchev–Trinajstić information content (AvgIpc) is 2.18. The van der Waals surface area contributed by atoms with Gasteiger partial charge in [0.15, 0.2) is 0 Å². The van der Waals surface area contributed by atoms with Crippen LogP contribution in [0.4, 0.5) is 0 Å². The number of nitrogens with one attached hydrogen (secondary N) is 1. The number of nitrogens with two attached hydrogens (primary N) is 1. The van der Waals surface area contributed by atoms with Crippen LogP contribution in [0.3, 0.4) is 0 Å². The Bertz CT molecular complexity index is 291. The standard InChI is InChI=1S/C10H15BrN2O/c11-9-2-3-10(14)8(6-9)7-13-5-1-4-12/h2-3,6,13-14H,1,4-5,7,12H2. The summed E-state index contributed by atoms with van der Waals surface area (Å²) >= 11 is 3.36. The van der Waals surface area contributed by atoms with Gasteiger partial charge in [0, 0.05) is 16.6 Å². The van der Waals surface area contributed by atoms with Crippen molar-refractivity contribution in [2.75, 3.05) is 13.1 Å². The van der Waals surface area contributed by atoms with E-state index in [0.717, 1.165) is 23.0 Å². The molecule has 78 valence electrons. The van der Waals surface area contributed by atoms with Gasteiger partial charge in [0.05, 0.1) is 0 Å². The molecule has 0 aromatic heterocycles. The van der Waals surface area contributed by atoms with Gasteiger partial charge in [-0.3, -0.25) is 0 Å². The van der Waals surface area contributed by atoms with Crippen LogP contribution in [0.25, 0.3) is 0 Å². The van der Waals surface area contributed by atoms with Crippen molar-refractivity contribution >= 4 is 15.9 Å². The number of phenols is 1. The van der Waals surface area contributed by atoms with Crippen LogP contribution >= 0.6 is 15.9 Å². The topological polar surface area (TPSA) is 58.3 Å². The third kappa shape index (κ3) is 3.65. The molecule has 0 aliphatic rings. The molecule has 0 unspecified atom stereocenters. The van der Waals surface area contributed by atoms with Gasteiger partial charge in [0.2, 0.25) is 0 Å². The molecule has 0 fully saturated rings. The Kier molecular flexibility index (Phi) is 4.93. The summed E-state index contributed by atoms with van der Waals surface area (Å²) in [6.07, 6.45) is 0.953. The molecule has 0 aliphatic carbocycles. The van der Waals surface area contributed by atoms with Crippen LogP contribution in [0.15, 0.2) is 22.7 Å². The van der Waals surface area contributed by atoms with Crippen LogP contribution in [0.5, 0.6) is 5.75 Å². The summed E-state index contributed by atoms with van der Waals surface area (Å²) < 4.78 is 0.978. The van der Waals surface area contributed by atoms with E-state index in [1.54, 1.807) is 6.07 Å². The zero-order chi connectivity index (χ0) is 10.4. The molecule has 0 spiro atoms. The lowest BCUT2D eigenvalue weighted by atomic mass is 10.2. The summed E-state index contributed by atoms with van der Waals surface area (Å²) in [6, 6.07) is 5.41. The van der Waals surface area contributed by atoms with Gasteiger partial charge in [-0.2, -0.15) is 0 Å². The van der Waals surface area contributed by atoms with Crippen molar-refractivity contribution in [3.05, 3.63) is 28.2 Å². The van der Waals surface area contributed by atoms with Crippen molar-refractivity contribution in [3.63, 3.8) is 0 Å². The van der Waals surface area contributed by atoms with E-state index in [0.29, 0.717) is 18.8 Å². The number of phenolic OH excluding ortho intramolecular Hbond substituents is 1. The van der Waals surface area contributed by atoms with Crippen molar-refractivity contribution in [2.24, 2.45) is 5.73 Å². The van der Waals surface area contributed by atoms with Crippen LogP contribution < -0.4 is 11.1 Å². The molecule has 0 heterocycles. The first-order valence-corrected chi connectivity index (χ1v) is 5.41. The average molecular weight is 259 g/mol. The number of hydrogen-bond donors (Lipinski definition) is 3. The predicted molar refractivity (Wildman–Crippen MR) is 61.2 cm³/mol. The smallest absolute Gasteiger partial charge is 0.120 e. The lowest BCUT2D eigenvalue weighted by Crippen LogP contribution is -2.17. The van der Waals surface area contributed by atoms with E-state index in [2.05, 4.69) is 21.2 Å². The minimum Gasteiger partial charge on any atom is -0.508 e. The van der Waals surface area contributed by atoms with Crippen LogP contribution in [0, 0.1) is 0 Å². The number of aromatic hydroxyl groups is 1. The summed E-state index contributed by atoms with van der Waals surface area (Å²) in [5.41, 5.74) is 6.26. The van der Waals surface area contributed by atoms with Gasteiger partial charge in [-0.05, 0) is 37.7 Å². The fourth-order valence-corrected chi connectivity index (χ4v) is 1.55. The monoisotopic (exact) mass is 258 g/mol. The molecule has 4 heteroatoms. The number of benzene rings is 1. The highest BCUT2D eigenvalue weighted by atomic mass is 79.9. The van der Waals surface area contributed by atoms with E-state index in [1.165, 1.54) is 0 Å². The zero-order valence-electron chi connectivity index (χ0n) is 7.96. The van der Waals surface area contributed by atoms with Crippen molar-refractivity contribution < 1.29 is 5.11 Å². The van der Waals surface area contributed by atoms with Gasteiger partial charge in [-0.25, -0.2) is 0 Å². The molecule has 1 aromatic carbocycles. The van der Waals surface area contributed by atoms with E-state index in [4.69, 9.17) is 5.73 Å². The maximum absolute atomic E-state index is 9.51. The highest BCUT2D eigenvalue weighted by Gasteiger charge is 2.00. The van der Waals surface area contributed by atoms with E-state index in [-0.39, 0.29) is 0 Å². The Morgan fingerprint density at radius 2 is 2.21 bits per heavy atom. The highest BCUT2D eigenvalue weighted by Crippen LogP contribution is 2.21. The molecular formula is C10H15BrN2O. The first-order valence-electron chi connectivity index (χ1n) is 4.62. The maximum Gasteiger partial charge on any atom is 0.120 e. The molecule has 0 saturated heterocycles. The first-order chi connectivity index (χ1) is 6.74. The molecule has 3 nitrogen and oxygen atoms in total. The summed E-state index contributed by atoms with van der Waals surface area (Å²) in [7, 11) is 0. The summed E-state index contributed by atoms with van der Waals surface area (Å²) in [5.74, 6) is 0.327. The number of halogens is 1. The molecule has 0 amide bonds. The van der Waals surface area contributed by atoms with E-state index < -0.39 is 0 Å². The Labute approximate surface area is 92.4 Å². The second-order valence-electron chi connectivity index (χ2n) is 3.09. The predicted octanol–water partition coefficient (Wildman–Crippen LogP) is 1.59. The molecule has 14 heavy (non-hydrogen) atoms. The van der Waals surface area contributed by atoms with Crippen molar-refractivity contribution in [1.29, 1.82) is 0 Å². The van der Waals surface area contributed by atoms with Gasteiger partial charge in [0.25, 0.3) is 0 Å². The SMILES string of the molecule is NCCCNCc1cc(Br)ccc1O. The molecule has 0 saturated carbocycles. The van der Waals surface area contributed by atoms with E-state index >= 15 is 0 Å². The zero-order valence-corrected chi connectivity index (χ0v) is 9.55. The normalized spacial score (nSPS) is 10.4. The summed E-state index contributed by atoms with van der Waals surface area (Å²) in [6.45, 7) is 2.24. The van der Waals surface area contributed by atoms with E-state index in [1.807, 2.05) is 12.1 Å². The van der Waals surface area contributed by atoms with Crippen LogP contribution in [0.1, 0.15) is 12.0 Å². The minimum atomic E-state index is 0.327. The van der Waals surface area contributed by atoms with Gasteiger partial charge >= 0.3 is 0 Å². The first kappa shape index (κ1) is 11.5. The molecule has 1 aromatic rings. The van der Waals surface area contributed by atoms with Crippen LogP contribution in [0.2, 0.25) is 0 Å². The number of rotatable bonds is 5. The summed E-state index contributed by atoms with van der Waals surface area (Å²) in [4.78, 5) is 0. The lowest BCUT2D eigenvalue weighted by molar-refractivity contribution is 0.464. The van der Waals surface area contributed by atoms with Gasteiger partial charge in [0.1, 0.15) is 5.75 Å². The van der Waals surface area contributed by atoms with Crippen molar-refractivity contribution in [3.8, 4) is 5.75 Å². The maximum atomic E-state index is 9.51. The van der Waals surface area contributed by atoms with Crippen molar-refractivity contribution in [2.45, 2.75) is 13.0 Å². The Balaban J connectivity index is 2.45. The van der Waals surface area contributed by atoms with Crippen molar-refractivity contribution in [1.82, 2.24) is 5.32 Å². The third-order valence-corrected chi connectivity index (χ3v) is 2.41. The molecular weight excluding hydrogens is 244 g/mol. The van der Waals surface area contributed by atoms with Crippen LogP contribution in [-0.4, -0.2) is 18.2 Å². The Morgan fingerprint density at radius 1 is 1.43 bits per heavy atom. The molecule has 0 atom stereocenters. The quantitative estimate of drug-likeness (QED) is 0.704. The second kappa shape index (κ2) is 6.01.